The molecular formula is C13H19FN2O2. The van der Waals surface area contributed by atoms with Gasteiger partial charge in [-0.1, -0.05) is 6.07 Å². The summed E-state index contributed by atoms with van der Waals surface area (Å²) in [5.41, 5.74) is -0.566. The third-order valence-corrected chi connectivity index (χ3v) is 2.32. The van der Waals surface area contributed by atoms with Gasteiger partial charge in [-0.3, -0.25) is 0 Å². The summed E-state index contributed by atoms with van der Waals surface area (Å²) in [6.07, 6.45) is 0. The number of carbonyl (C=O) groups is 1. The molecule has 0 saturated carbocycles. The summed E-state index contributed by atoms with van der Waals surface area (Å²) in [4.78, 5) is 13.4. The van der Waals surface area contributed by atoms with Crippen molar-refractivity contribution in [3.63, 3.8) is 0 Å². The van der Waals surface area contributed by atoms with Crippen molar-refractivity contribution in [3.05, 3.63) is 30.1 Å². The van der Waals surface area contributed by atoms with Gasteiger partial charge in [0.15, 0.2) is 0 Å². The average Bonchev–Trinajstić information content (AvgIpc) is 2.24. The minimum Gasteiger partial charge on any atom is -0.389 e. The fourth-order valence-corrected chi connectivity index (χ4v) is 1.56. The smallest absolute Gasteiger partial charge is 0.321 e. The Morgan fingerprint density at radius 3 is 2.67 bits per heavy atom. The SMILES string of the molecule is CCN(CC(C)(C)O)C(=O)Nc1cccc(F)c1. The third-order valence-electron chi connectivity index (χ3n) is 2.32. The van der Waals surface area contributed by atoms with Crippen molar-refractivity contribution in [1.82, 2.24) is 4.90 Å². The summed E-state index contributed by atoms with van der Waals surface area (Å²) in [6.45, 7) is 5.75. The van der Waals surface area contributed by atoms with Crippen LogP contribution in [0, 0.1) is 5.82 Å². The summed E-state index contributed by atoms with van der Waals surface area (Å²) in [6, 6.07) is 5.33. The van der Waals surface area contributed by atoms with Crippen molar-refractivity contribution in [2.45, 2.75) is 26.4 Å². The molecule has 0 atom stereocenters. The van der Waals surface area contributed by atoms with E-state index in [1.165, 1.54) is 23.1 Å². The van der Waals surface area contributed by atoms with Crippen LogP contribution >= 0.6 is 0 Å². The molecule has 1 rings (SSSR count). The quantitative estimate of drug-likeness (QED) is 0.867. The maximum Gasteiger partial charge on any atom is 0.321 e. The maximum absolute atomic E-state index is 13.0. The number of carbonyl (C=O) groups excluding carboxylic acids is 1. The van der Waals surface area contributed by atoms with Crippen molar-refractivity contribution in [2.24, 2.45) is 0 Å². The Labute approximate surface area is 106 Å². The number of halogens is 1. The zero-order chi connectivity index (χ0) is 13.8. The molecule has 2 N–H and O–H groups in total. The Kier molecular flexibility index (Phi) is 4.67. The molecular weight excluding hydrogens is 235 g/mol. The van der Waals surface area contributed by atoms with E-state index in [0.717, 1.165) is 0 Å². The highest BCUT2D eigenvalue weighted by atomic mass is 19.1. The highest BCUT2D eigenvalue weighted by Gasteiger charge is 2.21. The van der Waals surface area contributed by atoms with Gasteiger partial charge in [0.05, 0.1) is 12.1 Å². The molecule has 1 aromatic carbocycles. The van der Waals surface area contributed by atoms with Crippen LogP contribution < -0.4 is 5.32 Å². The Hall–Kier alpha value is -1.62. The number of nitrogens with one attached hydrogen (secondary N) is 1. The van der Waals surface area contributed by atoms with E-state index in [1.807, 2.05) is 6.92 Å². The van der Waals surface area contributed by atoms with E-state index in [-0.39, 0.29) is 12.6 Å². The van der Waals surface area contributed by atoms with Crippen LogP contribution in [0.5, 0.6) is 0 Å². The summed E-state index contributed by atoms with van der Waals surface area (Å²) in [7, 11) is 0. The van der Waals surface area contributed by atoms with Crippen molar-refractivity contribution in [1.29, 1.82) is 0 Å². The average molecular weight is 254 g/mol. The number of urea groups is 1. The number of nitrogens with zero attached hydrogens (tertiary/aromatic N) is 1. The van der Waals surface area contributed by atoms with Gasteiger partial charge in [-0.2, -0.15) is 0 Å². The van der Waals surface area contributed by atoms with Crippen LogP contribution in [0.15, 0.2) is 24.3 Å². The Morgan fingerprint density at radius 2 is 2.17 bits per heavy atom. The summed E-state index contributed by atoms with van der Waals surface area (Å²) >= 11 is 0. The van der Waals surface area contributed by atoms with Gasteiger partial charge in [0.25, 0.3) is 0 Å². The van der Waals surface area contributed by atoms with E-state index >= 15 is 0 Å². The predicted molar refractivity (Wildman–Crippen MR) is 69.0 cm³/mol. The summed E-state index contributed by atoms with van der Waals surface area (Å²) in [5.74, 6) is -0.404. The Morgan fingerprint density at radius 1 is 1.50 bits per heavy atom. The predicted octanol–water partition coefficient (Wildman–Crippen LogP) is 2.45. The van der Waals surface area contributed by atoms with E-state index in [4.69, 9.17) is 0 Å². The third kappa shape index (κ3) is 4.71. The molecule has 2 amide bonds. The van der Waals surface area contributed by atoms with Gasteiger partial charge in [0.2, 0.25) is 0 Å². The highest BCUT2D eigenvalue weighted by Crippen LogP contribution is 2.11. The molecule has 0 bridgehead atoms. The van der Waals surface area contributed by atoms with Crippen LogP contribution in [0.1, 0.15) is 20.8 Å². The number of aliphatic hydroxyl groups is 1. The molecule has 0 unspecified atom stereocenters. The first-order chi connectivity index (χ1) is 8.31. The fourth-order valence-electron chi connectivity index (χ4n) is 1.56. The monoisotopic (exact) mass is 254 g/mol. The number of likely N-dealkylation sites (N-methyl/N-ethyl adjacent to an activating group) is 1. The van der Waals surface area contributed by atoms with E-state index < -0.39 is 11.4 Å². The number of benzene rings is 1. The number of amides is 2. The first-order valence-electron chi connectivity index (χ1n) is 5.85. The van der Waals surface area contributed by atoms with Gasteiger partial charge in [-0.05, 0) is 39.0 Å². The van der Waals surface area contributed by atoms with E-state index in [1.54, 1.807) is 19.9 Å². The second-order valence-corrected chi connectivity index (χ2v) is 4.77. The normalized spacial score (nSPS) is 11.2. The molecule has 100 valence electrons. The zero-order valence-electron chi connectivity index (χ0n) is 10.9. The van der Waals surface area contributed by atoms with Crippen LogP contribution in [-0.2, 0) is 0 Å². The number of rotatable bonds is 4. The maximum atomic E-state index is 13.0. The second kappa shape index (κ2) is 5.82. The van der Waals surface area contributed by atoms with Gasteiger partial charge in [-0.15, -0.1) is 0 Å². The lowest BCUT2D eigenvalue weighted by Gasteiger charge is -2.28. The molecule has 1 aromatic rings. The van der Waals surface area contributed by atoms with E-state index in [0.29, 0.717) is 12.2 Å². The van der Waals surface area contributed by atoms with Gasteiger partial charge in [0, 0.05) is 12.2 Å². The molecule has 0 aromatic heterocycles. The molecule has 0 aliphatic rings. The molecule has 18 heavy (non-hydrogen) atoms. The lowest BCUT2D eigenvalue weighted by atomic mass is 10.1. The van der Waals surface area contributed by atoms with Gasteiger partial charge in [-0.25, -0.2) is 9.18 Å². The number of hydrogen-bond donors (Lipinski definition) is 2. The molecule has 0 saturated heterocycles. The second-order valence-electron chi connectivity index (χ2n) is 4.77. The minimum absolute atomic E-state index is 0.213. The number of anilines is 1. The molecule has 0 fully saturated rings. The molecule has 0 radical (unpaired) electrons. The first kappa shape index (κ1) is 14.4. The molecule has 5 heteroatoms. The molecule has 0 aliphatic heterocycles. The minimum atomic E-state index is -0.963. The largest absolute Gasteiger partial charge is 0.389 e. The van der Waals surface area contributed by atoms with Crippen LogP contribution in [0.2, 0.25) is 0 Å². The molecule has 0 aliphatic carbocycles. The van der Waals surface area contributed by atoms with Crippen molar-refractivity contribution in [3.8, 4) is 0 Å². The van der Waals surface area contributed by atoms with Gasteiger partial charge in [0.1, 0.15) is 5.82 Å². The number of hydrogen-bond acceptors (Lipinski definition) is 2. The zero-order valence-corrected chi connectivity index (χ0v) is 10.9. The first-order valence-corrected chi connectivity index (χ1v) is 5.85. The Balaban J connectivity index is 2.68. The van der Waals surface area contributed by atoms with Crippen molar-refractivity contribution in [2.75, 3.05) is 18.4 Å². The highest BCUT2D eigenvalue weighted by molar-refractivity contribution is 5.89. The summed E-state index contributed by atoms with van der Waals surface area (Å²) < 4.78 is 13.0. The summed E-state index contributed by atoms with van der Waals surface area (Å²) in [5, 5.41) is 12.3. The standard InChI is InChI=1S/C13H19FN2O2/c1-4-16(9-13(2,3)18)12(17)15-11-7-5-6-10(14)8-11/h5-8,18H,4,9H2,1-3H3,(H,15,17). The van der Waals surface area contributed by atoms with Crippen molar-refractivity contribution < 1.29 is 14.3 Å². The van der Waals surface area contributed by atoms with Gasteiger partial charge >= 0.3 is 6.03 Å². The molecule has 0 spiro atoms. The fraction of sp³-hybridized carbons (Fsp3) is 0.462. The van der Waals surface area contributed by atoms with Crippen LogP contribution in [-0.4, -0.2) is 34.7 Å². The Bertz CT molecular complexity index is 416. The van der Waals surface area contributed by atoms with E-state index in [9.17, 15) is 14.3 Å². The van der Waals surface area contributed by atoms with Crippen LogP contribution in [0.3, 0.4) is 0 Å². The van der Waals surface area contributed by atoms with Crippen LogP contribution in [0.25, 0.3) is 0 Å². The molecule has 0 heterocycles. The van der Waals surface area contributed by atoms with Crippen molar-refractivity contribution >= 4 is 11.7 Å². The van der Waals surface area contributed by atoms with Gasteiger partial charge < -0.3 is 15.3 Å². The molecule has 4 nitrogen and oxygen atoms in total. The lowest BCUT2D eigenvalue weighted by Crippen LogP contribution is -2.44. The van der Waals surface area contributed by atoms with Crippen LogP contribution in [0.4, 0.5) is 14.9 Å². The van der Waals surface area contributed by atoms with E-state index in [2.05, 4.69) is 5.32 Å². The lowest BCUT2D eigenvalue weighted by molar-refractivity contribution is 0.0501. The topological polar surface area (TPSA) is 52.6 Å².